The first-order chi connectivity index (χ1) is 10.5. The molecule has 132 valence electrons. The zero-order chi connectivity index (χ0) is 16.7. The van der Waals surface area contributed by atoms with E-state index in [1.165, 1.54) is 57.8 Å². The van der Waals surface area contributed by atoms with Crippen molar-refractivity contribution in [2.45, 2.75) is 90.4 Å². The number of rotatable bonds is 16. The van der Waals surface area contributed by atoms with Crippen LogP contribution in [0.15, 0.2) is 0 Å². The summed E-state index contributed by atoms with van der Waals surface area (Å²) in [6.45, 7) is 2.24. The molecule has 0 saturated carbocycles. The molecule has 1 unspecified atom stereocenters. The van der Waals surface area contributed by atoms with Crippen LogP contribution in [0.1, 0.15) is 90.4 Å². The molecule has 0 aromatic rings. The number of carbonyl (C=O) groups is 1. The van der Waals surface area contributed by atoms with E-state index < -0.39 is 13.3 Å². The minimum atomic E-state index is -3.21. The van der Waals surface area contributed by atoms with Crippen molar-refractivity contribution in [1.29, 1.82) is 0 Å². The van der Waals surface area contributed by atoms with Crippen molar-refractivity contribution < 1.29 is 19.4 Å². The Bertz CT molecular complexity index is 318. The standard InChI is InChI=1S/C17H35O4P/c1-2-3-4-5-6-7-8-9-10-11-12-13-15-22(20,21)16-14-17(18)19/h2-16H2,1H3,(H,18,19)(H,20,21). The molecule has 0 radical (unpaired) electrons. The molecule has 0 aliphatic rings. The van der Waals surface area contributed by atoms with Gasteiger partial charge in [0.15, 0.2) is 0 Å². The van der Waals surface area contributed by atoms with Crippen LogP contribution >= 0.6 is 7.37 Å². The minimum absolute atomic E-state index is 0.0830. The molecule has 0 saturated heterocycles. The third-order valence-corrected chi connectivity index (χ3v) is 5.97. The number of unbranched alkanes of at least 4 members (excludes halogenated alkanes) is 11. The zero-order valence-electron chi connectivity index (χ0n) is 14.3. The second kappa shape index (κ2) is 14.3. The molecule has 0 aliphatic carbocycles. The van der Waals surface area contributed by atoms with Crippen LogP contribution in [-0.4, -0.2) is 28.3 Å². The van der Waals surface area contributed by atoms with E-state index in [1.807, 2.05) is 0 Å². The molecule has 2 N–H and O–H groups in total. The first-order valence-corrected chi connectivity index (χ1v) is 11.0. The molecule has 0 spiro atoms. The van der Waals surface area contributed by atoms with Crippen molar-refractivity contribution in [2.75, 3.05) is 12.3 Å². The second-order valence-corrected chi connectivity index (χ2v) is 8.91. The Labute approximate surface area is 136 Å². The summed E-state index contributed by atoms with van der Waals surface area (Å²) >= 11 is 0. The third-order valence-electron chi connectivity index (χ3n) is 4.04. The second-order valence-electron chi connectivity index (χ2n) is 6.33. The van der Waals surface area contributed by atoms with Gasteiger partial charge in [0.05, 0.1) is 6.42 Å². The fourth-order valence-corrected chi connectivity index (χ4v) is 4.06. The minimum Gasteiger partial charge on any atom is -0.481 e. The predicted octanol–water partition coefficient (Wildman–Crippen LogP) is 5.43. The number of hydrogen-bond acceptors (Lipinski definition) is 2. The lowest BCUT2D eigenvalue weighted by atomic mass is 10.1. The van der Waals surface area contributed by atoms with E-state index in [0.717, 1.165) is 19.3 Å². The predicted molar refractivity (Wildman–Crippen MR) is 92.9 cm³/mol. The van der Waals surface area contributed by atoms with Crippen LogP contribution in [0, 0.1) is 0 Å². The van der Waals surface area contributed by atoms with E-state index in [0.29, 0.717) is 0 Å². The third kappa shape index (κ3) is 16.0. The lowest BCUT2D eigenvalue weighted by Gasteiger charge is -2.09. The highest BCUT2D eigenvalue weighted by Gasteiger charge is 2.18. The molecule has 22 heavy (non-hydrogen) atoms. The maximum Gasteiger partial charge on any atom is 0.303 e. The summed E-state index contributed by atoms with van der Waals surface area (Å²) in [6.07, 6.45) is 14.7. The fraction of sp³-hybridized carbons (Fsp3) is 0.941. The maximum atomic E-state index is 11.7. The Morgan fingerprint density at radius 1 is 0.773 bits per heavy atom. The largest absolute Gasteiger partial charge is 0.481 e. The number of hydrogen-bond donors (Lipinski definition) is 2. The van der Waals surface area contributed by atoms with Crippen molar-refractivity contribution >= 4 is 13.3 Å². The molecule has 0 heterocycles. The smallest absolute Gasteiger partial charge is 0.303 e. The van der Waals surface area contributed by atoms with Crippen LogP contribution in [0.5, 0.6) is 0 Å². The summed E-state index contributed by atoms with van der Waals surface area (Å²) in [5, 5.41) is 8.52. The highest BCUT2D eigenvalue weighted by atomic mass is 31.2. The molecule has 5 heteroatoms. The SMILES string of the molecule is CCCCCCCCCCCCCCP(=O)(O)CCC(=O)O. The molecule has 0 aromatic heterocycles. The van der Waals surface area contributed by atoms with E-state index in [4.69, 9.17) is 5.11 Å². The van der Waals surface area contributed by atoms with Crippen molar-refractivity contribution in [3.63, 3.8) is 0 Å². The molecule has 0 aromatic carbocycles. The van der Waals surface area contributed by atoms with E-state index in [2.05, 4.69) is 6.92 Å². The van der Waals surface area contributed by atoms with E-state index in [9.17, 15) is 14.3 Å². The molecular weight excluding hydrogens is 299 g/mol. The monoisotopic (exact) mass is 334 g/mol. The summed E-state index contributed by atoms with van der Waals surface area (Å²) in [5.74, 6) is -0.996. The van der Waals surface area contributed by atoms with Crippen molar-refractivity contribution in [2.24, 2.45) is 0 Å². The van der Waals surface area contributed by atoms with Gasteiger partial charge in [-0.05, 0) is 6.42 Å². The Balaban J connectivity index is 3.29. The van der Waals surface area contributed by atoms with Gasteiger partial charge in [-0.3, -0.25) is 9.36 Å². The van der Waals surface area contributed by atoms with Crippen molar-refractivity contribution in [3.8, 4) is 0 Å². The van der Waals surface area contributed by atoms with Gasteiger partial charge in [0.25, 0.3) is 0 Å². The van der Waals surface area contributed by atoms with Crippen LogP contribution in [0.3, 0.4) is 0 Å². The summed E-state index contributed by atoms with van der Waals surface area (Å²) in [7, 11) is -3.21. The van der Waals surface area contributed by atoms with Crippen LogP contribution in [-0.2, 0) is 9.36 Å². The van der Waals surface area contributed by atoms with Crippen LogP contribution in [0.4, 0.5) is 0 Å². The van der Waals surface area contributed by atoms with E-state index in [-0.39, 0.29) is 18.7 Å². The molecule has 4 nitrogen and oxygen atoms in total. The maximum absolute atomic E-state index is 11.7. The van der Waals surface area contributed by atoms with Crippen molar-refractivity contribution in [3.05, 3.63) is 0 Å². The molecule has 0 amide bonds. The average molecular weight is 334 g/mol. The van der Waals surface area contributed by atoms with Gasteiger partial charge in [-0.15, -0.1) is 0 Å². The average Bonchev–Trinajstić information content (AvgIpc) is 2.46. The van der Waals surface area contributed by atoms with Gasteiger partial charge in [0.2, 0.25) is 7.37 Å². The van der Waals surface area contributed by atoms with Gasteiger partial charge >= 0.3 is 5.97 Å². The molecule has 0 aliphatic heterocycles. The first kappa shape index (κ1) is 21.7. The summed E-state index contributed by atoms with van der Waals surface area (Å²) in [6, 6.07) is 0. The summed E-state index contributed by atoms with van der Waals surface area (Å²) in [5.41, 5.74) is 0. The van der Waals surface area contributed by atoms with Gasteiger partial charge in [-0.2, -0.15) is 0 Å². The van der Waals surface area contributed by atoms with Gasteiger partial charge < -0.3 is 10.00 Å². The highest BCUT2D eigenvalue weighted by Crippen LogP contribution is 2.42. The van der Waals surface area contributed by atoms with Gasteiger partial charge in [-0.25, -0.2) is 0 Å². The van der Waals surface area contributed by atoms with Crippen molar-refractivity contribution in [1.82, 2.24) is 0 Å². The zero-order valence-corrected chi connectivity index (χ0v) is 15.2. The number of carboxylic acids is 1. The quantitative estimate of drug-likeness (QED) is 0.291. The lowest BCUT2D eigenvalue weighted by Crippen LogP contribution is -2.02. The normalized spacial score (nSPS) is 13.9. The molecule has 0 rings (SSSR count). The van der Waals surface area contributed by atoms with Gasteiger partial charge in [0.1, 0.15) is 0 Å². The Morgan fingerprint density at radius 3 is 1.59 bits per heavy atom. The lowest BCUT2D eigenvalue weighted by molar-refractivity contribution is -0.136. The van der Waals surface area contributed by atoms with E-state index in [1.54, 1.807) is 0 Å². The topological polar surface area (TPSA) is 74.6 Å². The Hall–Kier alpha value is -0.340. The summed E-state index contributed by atoms with van der Waals surface area (Å²) in [4.78, 5) is 20.0. The summed E-state index contributed by atoms with van der Waals surface area (Å²) < 4.78 is 11.7. The molecule has 0 fully saturated rings. The molecule has 1 atom stereocenters. The Kier molecular flexibility index (Phi) is 14.0. The molecule has 0 bridgehead atoms. The van der Waals surface area contributed by atoms with E-state index >= 15 is 0 Å². The Morgan fingerprint density at radius 2 is 1.18 bits per heavy atom. The van der Waals surface area contributed by atoms with Gasteiger partial charge in [-0.1, -0.05) is 77.6 Å². The van der Waals surface area contributed by atoms with Crippen LogP contribution < -0.4 is 0 Å². The number of carboxylic acid groups (broad SMARTS) is 1. The highest BCUT2D eigenvalue weighted by molar-refractivity contribution is 7.58. The fourth-order valence-electron chi connectivity index (χ4n) is 2.58. The number of aliphatic carboxylic acids is 1. The van der Waals surface area contributed by atoms with Crippen LogP contribution in [0.25, 0.3) is 0 Å². The van der Waals surface area contributed by atoms with Crippen LogP contribution in [0.2, 0.25) is 0 Å². The first-order valence-electron chi connectivity index (χ1n) is 9.00. The van der Waals surface area contributed by atoms with Gasteiger partial charge in [0, 0.05) is 12.3 Å². The molecular formula is C17H35O4P.